The third-order valence-electron chi connectivity index (χ3n) is 0.521. The number of alkyl halides is 2. The summed E-state index contributed by atoms with van der Waals surface area (Å²) in [4.78, 5) is -0.700. The smallest absolute Gasteiger partial charge is 0.0990 e. The average Bonchev–Trinajstić information content (AvgIpc) is 1.64. The maximum absolute atomic E-state index is 5.43. The van der Waals surface area contributed by atoms with Crippen LogP contribution in [-0.4, -0.2) is 4.84 Å². The lowest BCUT2D eigenvalue weighted by molar-refractivity contribution is 1.47. The lowest BCUT2D eigenvalue weighted by Crippen LogP contribution is -1.85. The highest BCUT2D eigenvalue weighted by Gasteiger charge is 2.05. The first-order chi connectivity index (χ1) is 3.55. The van der Waals surface area contributed by atoms with Crippen LogP contribution < -0.4 is 0 Å². The topological polar surface area (TPSA) is 0 Å². The van der Waals surface area contributed by atoms with Crippen LogP contribution in [0.15, 0.2) is 10.1 Å². The van der Waals surface area contributed by atoms with E-state index in [4.69, 9.17) is 46.4 Å². The van der Waals surface area contributed by atoms with Gasteiger partial charge in [-0.3, -0.25) is 0 Å². The van der Waals surface area contributed by atoms with Crippen molar-refractivity contribution in [2.75, 3.05) is 0 Å². The lowest BCUT2D eigenvalue weighted by atomic mass is 10.6. The van der Waals surface area contributed by atoms with E-state index in [0.717, 1.165) is 0 Å². The average molecular weight is 194 g/mol. The second kappa shape index (κ2) is 3.84. The van der Waals surface area contributed by atoms with Crippen molar-refractivity contribution in [2.24, 2.45) is 0 Å². The molecule has 0 aromatic carbocycles. The molecule has 0 radical (unpaired) electrons. The molecule has 0 aliphatic heterocycles. The number of hydrogen-bond acceptors (Lipinski definition) is 0. The summed E-state index contributed by atoms with van der Waals surface area (Å²) >= 11 is 21.5. The number of hydrogen-bond donors (Lipinski definition) is 0. The van der Waals surface area contributed by atoms with Gasteiger partial charge in [-0.15, -0.1) is 0 Å². The van der Waals surface area contributed by atoms with Gasteiger partial charge in [0, 0.05) is 5.03 Å². The van der Waals surface area contributed by atoms with E-state index < -0.39 is 4.84 Å². The summed E-state index contributed by atoms with van der Waals surface area (Å²) in [5.74, 6) is 0. The molecule has 0 fully saturated rings. The Morgan fingerprint density at radius 3 is 1.62 bits per heavy atom. The van der Waals surface area contributed by atoms with Crippen molar-refractivity contribution in [1.82, 2.24) is 0 Å². The van der Waals surface area contributed by atoms with Gasteiger partial charge in [-0.2, -0.15) is 0 Å². The summed E-state index contributed by atoms with van der Waals surface area (Å²) in [6.45, 7) is 1.63. The van der Waals surface area contributed by atoms with Crippen molar-refractivity contribution in [1.29, 1.82) is 0 Å². The van der Waals surface area contributed by atoms with E-state index >= 15 is 0 Å². The van der Waals surface area contributed by atoms with E-state index in [0.29, 0.717) is 5.03 Å². The van der Waals surface area contributed by atoms with Crippen molar-refractivity contribution in [3.8, 4) is 0 Å². The van der Waals surface area contributed by atoms with E-state index in [9.17, 15) is 0 Å². The summed E-state index contributed by atoms with van der Waals surface area (Å²) in [6.07, 6.45) is 0. The number of halogens is 4. The third-order valence-corrected chi connectivity index (χ3v) is 1.98. The molecule has 0 heterocycles. The molecule has 0 aromatic heterocycles. The summed E-state index contributed by atoms with van der Waals surface area (Å²) < 4.78 is 0. The fourth-order valence-corrected chi connectivity index (χ4v) is 0.698. The van der Waals surface area contributed by atoms with E-state index in [1.165, 1.54) is 0 Å². The van der Waals surface area contributed by atoms with E-state index in [2.05, 4.69) is 0 Å². The minimum absolute atomic E-state index is 0.287. The summed E-state index contributed by atoms with van der Waals surface area (Å²) in [5.41, 5.74) is 0. The zero-order valence-electron chi connectivity index (χ0n) is 4.09. The minimum Gasteiger partial charge on any atom is -0.0990 e. The summed E-state index contributed by atoms with van der Waals surface area (Å²) in [7, 11) is 0. The van der Waals surface area contributed by atoms with Crippen LogP contribution in [0.25, 0.3) is 0 Å². The SMILES string of the molecule is CC(Cl)=C(Cl)C(Cl)Cl. The van der Waals surface area contributed by atoms with Crippen molar-refractivity contribution in [3.05, 3.63) is 10.1 Å². The van der Waals surface area contributed by atoms with Crippen molar-refractivity contribution in [2.45, 2.75) is 11.8 Å². The van der Waals surface area contributed by atoms with Crippen molar-refractivity contribution in [3.63, 3.8) is 0 Å². The Morgan fingerprint density at radius 1 is 1.25 bits per heavy atom. The van der Waals surface area contributed by atoms with Gasteiger partial charge in [-0.05, 0) is 6.92 Å². The lowest BCUT2D eigenvalue weighted by Gasteiger charge is -1.96. The van der Waals surface area contributed by atoms with Crippen LogP contribution in [0.5, 0.6) is 0 Å². The zero-order valence-corrected chi connectivity index (χ0v) is 7.11. The molecule has 0 amide bonds. The second-order valence-corrected chi connectivity index (χ2v) is 3.25. The van der Waals surface area contributed by atoms with E-state index in [-0.39, 0.29) is 5.03 Å². The first-order valence-corrected chi connectivity index (χ1v) is 3.48. The van der Waals surface area contributed by atoms with Crippen LogP contribution in [0.1, 0.15) is 6.92 Å². The Kier molecular flexibility index (Phi) is 4.27. The van der Waals surface area contributed by atoms with Crippen LogP contribution in [0.4, 0.5) is 0 Å². The standard InChI is InChI=1S/C4H4Cl4/c1-2(5)3(6)4(7)8/h4H,1H3. The molecule has 0 nitrogen and oxygen atoms in total. The molecule has 0 aliphatic rings. The van der Waals surface area contributed by atoms with Gasteiger partial charge in [-0.25, -0.2) is 0 Å². The van der Waals surface area contributed by atoms with Gasteiger partial charge >= 0.3 is 0 Å². The molecular formula is C4H4Cl4. The molecule has 0 bridgehead atoms. The van der Waals surface area contributed by atoms with Gasteiger partial charge < -0.3 is 0 Å². The van der Waals surface area contributed by atoms with Crippen LogP contribution in [-0.2, 0) is 0 Å². The fourth-order valence-electron chi connectivity index (χ4n) is 0.150. The Hall–Kier alpha value is 0.900. The summed E-state index contributed by atoms with van der Waals surface area (Å²) in [6, 6.07) is 0. The van der Waals surface area contributed by atoms with Gasteiger partial charge in [0.2, 0.25) is 0 Å². The van der Waals surface area contributed by atoms with Crippen molar-refractivity contribution < 1.29 is 0 Å². The first-order valence-electron chi connectivity index (χ1n) is 1.85. The highest BCUT2D eigenvalue weighted by Crippen LogP contribution is 2.23. The van der Waals surface area contributed by atoms with Crippen LogP contribution in [0, 0.1) is 0 Å². The second-order valence-electron chi connectivity index (χ2n) is 1.18. The van der Waals surface area contributed by atoms with E-state index in [1.807, 2.05) is 0 Å². The summed E-state index contributed by atoms with van der Waals surface area (Å²) in [5, 5.41) is 0.719. The first kappa shape index (κ1) is 8.90. The Labute approximate surface area is 68.4 Å². The number of rotatable bonds is 1. The van der Waals surface area contributed by atoms with Gasteiger partial charge in [-0.1, -0.05) is 46.4 Å². The number of allylic oxidation sites excluding steroid dienone is 2. The molecule has 0 spiro atoms. The van der Waals surface area contributed by atoms with Crippen molar-refractivity contribution >= 4 is 46.4 Å². The van der Waals surface area contributed by atoms with Crippen LogP contribution >= 0.6 is 46.4 Å². The normalized spacial score (nSPS) is 14.2. The molecule has 0 saturated carbocycles. The quantitative estimate of drug-likeness (QED) is 0.560. The Bertz CT molecular complexity index is 101. The predicted molar refractivity (Wildman–Crippen MR) is 39.9 cm³/mol. The van der Waals surface area contributed by atoms with Gasteiger partial charge in [0.15, 0.2) is 0 Å². The van der Waals surface area contributed by atoms with Crippen LogP contribution in [0.3, 0.4) is 0 Å². The molecule has 0 N–H and O–H groups in total. The zero-order chi connectivity index (χ0) is 6.73. The fraction of sp³-hybridized carbons (Fsp3) is 0.500. The monoisotopic (exact) mass is 192 g/mol. The maximum Gasteiger partial charge on any atom is 0.144 e. The largest absolute Gasteiger partial charge is 0.144 e. The van der Waals surface area contributed by atoms with E-state index in [1.54, 1.807) is 6.92 Å². The van der Waals surface area contributed by atoms with Crippen LogP contribution in [0.2, 0.25) is 0 Å². The van der Waals surface area contributed by atoms with Gasteiger partial charge in [0.25, 0.3) is 0 Å². The Balaban J connectivity index is 4.00. The molecule has 0 atom stereocenters. The molecular weight excluding hydrogens is 190 g/mol. The molecule has 8 heavy (non-hydrogen) atoms. The molecule has 0 aliphatic carbocycles. The highest BCUT2D eigenvalue weighted by molar-refractivity contribution is 6.54. The third kappa shape index (κ3) is 3.03. The molecule has 0 rings (SSSR count). The molecule has 0 aromatic rings. The predicted octanol–water partition coefficient (Wildman–Crippen LogP) is 3.50. The van der Waals surface area contributed by atoms with Gasteiger partial charge in [0.05, 0.1) is 5.03 Å². The maximum atomic E-state index is 5.43. The molecule has 48 valence electrons. The Morgan fingerprint density at radius 2 is 1.62 bits per heavy atom. The van der Waals surface area contributed by atoms with Gasteiger partial charge in [0.1, 0.15) is 4.84 Å². The molecule has 0 saturated heterocycles. The highest BCUT2D eigenvalue weighted by atomic mass is 35.5. The molecule has 4 heteroatoms. The molecule has 0 unspecified atom stereocenters. The minimum atomic E-state index is -0.700.